The average molecular weight is 332 g/mol. The van der Waals surface area contributed by atoms with E-state index in [1.807, 2.05) is 91.0 Å². The first kappa shape index (κ1) is 16.8. The maximum atomic E-state index is 3.18. The smallest absolute Gasteiger partial charge is 0.329 e. The summed E-state index contributed by atoms with van der Waals surface area (Å²) in [4.78, 5) is 0. The van der Waals surface area contributed by atoms with Gasteiger partial charge in [-0.1, -0.05) is 54.6 Å². The molecule has 126 valence electrons. The first-order valence-corrected chi connectivity index (χ1v) is 8.10. The molecule has 0 amide bonds. The summed E-state index contributed by atoms with van der Waals surface area (Å²) in [5.74, 6) is 0. The largest absolute Gasteiger partial charge is 0.451 e. The predicted molar refractivity (Wildman–Crippen MR) is 105 cm³/mol. The van der Waals surface area contributed by atoms with E-state index < -0.39 is 0 Å². The summed E-state index contributed by atoms with van der Waals surface area (Å²) >= 11 is 0. The van der Waals surface area contributed by atoms with E-state index in [0.29, 0.717) is 0 Å². The van der Waals surface area contributed by atoms with Gasteiger partial charge < -0.3 is 16.3 Å². The van der Waals surface area contributed by atoms with Crippen LogP contribution in [0.4, 0.5) is 17.1 Å². The molecule has 0 radical (unpaired) electrons. The van der Waals surface area contributed by atoms with Crippen LogP contribution in [0.3, 0.4) is 0 Å². The third kappa shape index (κ3) is 5.85. The van der Waals surface area contributed by atoms with Crippen molar-refractivity contribution >= 4 is 24.2 Å². The van der Waals surface area contributed by atoms with Crippen LogP contribution in [0, 0.1) is 0 Å². The molecule has 0 aliphatic heterocycles. The first-order valence-electron chi connectivity index (χ1n) is 8.10. The maximum Gasteiger partial charge on any atom is 0.451 e. The minimum absolute atomic E-state index is 0.305. The van der Waals surface area contributed by atoms with Gasteiger partial charge in [0.05, 0.1) is 0 Å². The third-order valence-corrected chi connectivity index (χ3v) is 3.40. The molecule has 0 unspecified atom stereocenters. The molecule has 0 aromatic heterocycles. The summed E-state index contributed by atoms with van der Waals surface area (Å²) in [6, 6.07) is 29.7. The van der Waals surface area contributed by atoms with Crippen LogP contribution >= 0.6 is 0 Å². The highest BCUT2D eigenvalue weighted by molar-refractivity contribution is 6.51. The Bertz CT molecular complexity index is 623. The Kier molecular flexibility index (Phi) is 6.29. The van der Waals surface area contributed by atoms with E-state index in [-0.39, 0.29) is 7.12 Å². The topological polar surface area (TPSA) is 72.2 Å². The van der Waals surface area contributed by atoms with E-state index in [1.54, 1.807) is 0 Å². The van der Waals surface area contributed by atoms with Crippen molar-refractivity contribution in [1.29, 1.82) is 0 Å². The van der Waals surface area contributed by atoms with Crippen LogP contribution in [0.2, 0.25) is 0 Å². The summed E-state index contributed by atoms with van der Waals surface area (Å²) in [6.07, 6.45) is 0. The first-order chi connectivity index (χ1) is 12.4. The molecular formula is C18H21BN6. The van der Waals surface area contributed by atoms with Gasteiger partial charge in [-0.05, 0) is 36.4 Å². The Morgan fingerprint density at radius 1 is 0.400 bits per heavy atom. The van der Waals surface area contributed by atoms with Gasteiger partial charge in [-0.2, -0.15) is 0 Å². The van der Waals surface area contributed by atoms with Crippen molar-refractivity contribution in [1.82, 2.24) is 16.0 Å². The lowest BCUT2D eigenvalue weighted by Gasteiger charge is -2.20. The van der Waals surface area contributed by atoms with Crippen molar-refractivity contribution in [2.45, 2.75) is 0 Å². The zero-order valence-corrected chi connectivity index (χ0v) is 13.7. The minimum atomic E-state index is -0.305. The highest BCUT2D eigenvalue weighted by Gasteiger charge is 2.14. The van der Waals surface area contributed by atoms with Gasteiger partial charge in [0.2, 0.25) is 0 Å². The lowest BCUT2D eigenvalue weighted by Crippen LogP contribution is -2.63. The van der Waals surface area contributed by atoms with Crippen LogP contribution in [0.25, 0.3) is 0 Å². The summed E-state index contributed by atoms with van der Waals surface area (Å²) in [7, 11) is -0.305. The molecule has 3 aromatic carbocycles. The van der Waals surface area contributed by atoms with E-state index in [0.717, 1.165) is 17.1 Å². The number of para-hydroxylation sites is 3. The Labute approximate surface area is 148 Å². The molecule has 0 saturated carbocycles. The molecule has 6 nitrogen and oxygen atoms in total. The molecule has 3 aromatic rings. The second-order valence-corrected chi connectivity index (χ2v) is 5.34. The van der Waals surface area contributed by atoms with Gasteiger partial charge in [0.25, 0.3) is 0 Å². The number of benzene rings is 3. The highest BCUT2D eigenvalue weighted by atomic mass is 15.5. The van der Waals surface area contributed by atoms with Crippen LogP contribution in [-0.4, -0.2) is 7.12 Å². The standard InChI is InChI=1S/C18H21BN6/c1-4-10-16(11-5-1)20-23-19(24-21-17-12-6-2-7-13-17)25-22-18-14-8-3-9-15-18/h1-15,20-25H. The van der Waals surface area contributed by atoms with E-state index in [9.17, 15) is 0 Å². The van der Waals surface area contributed by atoms with Crippen molar-refractivity contribution in [3.05, 3.63) is 91.0 Å². The zero-order valence-electron chi connectivity index (χ0n) is 13.7. The van der Waals surface area contributed by atoms with Crippen LogP contribution in [0.1, 0.15) is 0 Å². The van der Waals surface area contributed by atoms with Crippen molar-refractivity contribution < 1.29 is 0 Å². The normalized spacial score (nSPS) is 10.1. The summed E-state index contributed by atoms with van der Waals surface area (Å²) in [5.41, 5.74) is 12.4. The quantitative estimate of drug-likeness (QED) is 0.267. The van der Waals surface area contributed by atoms with Crippen LogP contribution < -0.4 is 32.3 Å². The van der Waals surface area contributed by atoms with E-state index >= 15 is 0 Å². The fraction of sp³-hybridized carbons (Fsp3) is 0. The Morgan fingerprint density at radius 2 is 0.680 bits per heavy atom. The second kappa shape index (κ2) is 9.34. The van der Waals surface area contributed by atoms with Gasteiger partial charge in [-0.25, -0.2) is 16.0 Å². The van der Waals surface area contributed by atoms with Gasteiger partial charge in [-0.15, -0.1) is 0 Å². The number of hydrogen-bond donors (Lipinski definition) is 6. The molecule has 0 saturated heterocycles. The summed E-state index contributed by atoms with van der Waals surface area (Å²) in [6.45, 7) is 0. The fourth-order valence-corrected chi connectivity index (χ4v) is 2.14. The van der Waals surface area contributed by atoms with Crippen LogP contribution in [0.5, 0.6) is 0 Å². The minimum Gasteiger partial charge on any atom is -0.329 e. The van der Waals surface area contributed by atoms with Gasteiger partial charge in [-0.3, -0.25) is 0 Å². The van der Waals surface area contributed by atoms with Gasteiger partial charge in [0.15, 0.2) is 0 Å². The maximum absolute atomic E-state index is 3.18. The molecule has 25 heavy (non-hydrogen) atoms. The number of hydrazine groups is 3. The van der Waals surface area contributed by atoms with E-state index in [2.05, 4.69) is 32.3 Å². The second-order valence-electron chi connectivity index (χ2n) is 5.34. The Hall–Kier alpha value is -3.00. The molecule has 7 heteroatoms. The van der Waals surface area contributed by atoms with Gasteiger partial charge >= 0.3 is 7.12 Å². The van der Waals surface area contributed by atoms with E-state index in [1.165, 1.54) is 0 Å². The molecule has 0 atom stereocenters. The van der Waals surface area contributed by atoms with Crippen LogP contribution in [-0.2, 0) is 0 Å². The molecule has 3 rings (SSSR count). The van der Waals surface area contributed by atoms with E-state index in [4.69, 9.17) is 0 Å². The molecule has 0 bridgehead atoms. The molecule has 0 aliphatic carbocycles. The molecular weight excluding hydrogens is 311 g/mol. The SMILES string of the molecule is c1ccc(NNB(NNc2ccccc2)NNc2ccccc2)cc1. The average Bonchev–Trinajstić information content (AvgIpc) is 2.70. The summed E-state index contributed by atoms with van der Waals surface area (Å²) in [5, 5.41) is 9.54. The number of anilines is 3. The molecule has 0 heterocycles. The fourth-order valence-electron chi connectivity index (χ4n) is 2.14. The predicted octanol–water partition coefficient (Wildman–Crippen LogP) is 2.82. The number of hydrogen-bond acceptors (Lipinski definition) is 6. The molecule has 0 spiro atoms. The monoisotopic (exact) mass is 332 g/mol. The van der Waals surface area contributed by atoms with Gasteiger partial charge in [0.1, 0.15) is 0 Å². The van der Waals surface area contributed by atoms with Gasteiger partial charge in [0, 0.05) is 17.1 Å². The molecule has 6 N–H and O–H groups in total. The summed E-state index contributed by atoms with van der Waals surface area (Å²) < 4.78 is 0. The van der Waals surface area contributed by atoms with Crippen molar-refractivity contribution in [3.8, 4) is 0 Å². The van der Waals surface area contributed by atoms with Crippen LogP contribution in [0.15, 0.2) is 91.0 Å². The Morgan fingerprint density at radius 3 is 0.960 bits per heavy atom. The lowest BCUT2D eigenvalue weighted by molar-refractivity contribution is 0.945. The van der Waals surface area contributed by atoms with Crippen molar-refractivity contribution in [2.75, 3.05) is 16.3 Å². The lowest BCUT2D eigenvalue weighted by atomic mass is 10.00. The molecule has 0 fully saturated rings. The number of rotatable bonds is 9. The third-order valence-electron chi connectivity index (χ3n) is 3.40. The van der Waals surface area contributed by atoms with Crippen molar-refractivity contribution in [3.63, 3.8) is 0 Å². The highest BCUT2D eigenvalue weighted by Crippen LogP contribution is 2.05. The van der Waals surface area contributed by atoms with Crippen molar-refractivity contribution in [2.24, 2.45) is 0 Å². The Balaban J connectivity index is 1.56. The number of nitrogens with one attached hydrogen (secondary N) is 6. The zero-order chi connectivity index (χ0) is 17.2. The molecule has 0 aliphatic rings.